The van der Waals surface area contributed by atoms with Crippen molar-refractivity contribution in [1.82, 2.24) is 9.80 Å². The van der Waals surface area contributed by atoms with Gasteiger partial charge in [-0.25, -0.2) is 9.18 Å². The molecule has 2 heterocycles. The van der Waals surface area contributed by atoms with Crippen molar-refractivity contribution in [3.63, 3.8) is 0 Å². The average Bonchev–Trinajstić information content (AvgIpc) is 3.49. The van der Waals surface area contributed by atoms with Gasteiger partial charge in [-0.1, -0.05) is 72.9 Å². The van der Waals surface area contributed by atoms with E-state index < -0.39 is 53.9 Å². The van der Waals surface area contributed by atoms with Crippen molar-refractivity contribution >= 4 is 41.0 Å². The van der Waals surface area contributed by atoms with Gasteiger partial charge in [-0.2, -0.15) is 0 Å². The van der Waals surface area contributed by atoms with Crippen LogP contribution in [0.3, 0.4) is 0 Å². The first-order valence-corrected chi connectivity index (χ1v) is 15.2. The quantitative estimate of drug-likeness (QED) is 0.288. The predicted molar refractivity (Wildman–Crippen MR) is 161 cm³/mol. The Bertz CT molecular complexity index is 1450. The molecule has 2 aliphatic heterocycles. The van der Waals surface area contributed by atoms with Gasteiger partial charge in [-0.15, -0.1) is 0 Å². The number of amides is 2. The van der Waals surface area contributed by atoms with Gasteiger partial charge in [0, 0.05) is 23.0 Å². The van der Waals surface area contributed by atoms with Crippen LogP contribution in [0.5, 0.6) is 0 Å². The lowest BCUT2D eigenvalue weighted by Crippen LogP contribution is -2.60. The van der Waals surface area contributed by atoms with Crippen LogP contribution in [0.4, 0.5) is 4.39 Å². The second-order valence-corrected chi connectivity index (χ2v) is 11.9. The Morgan fingerprint density at radius 1 is 0.977 bits per heavy atom. The summed E-state index contributed by atoms with van der Waals surface area (Å²) in [4.78, 5) is 43.8. The summed E-state index contributed by atoms with van der Waals surface area (Å²) in [5.41, 5.74) is 2.16. The molecule has 43 heavy (non-hydrogen) atoms. The largest absolute Gasteiger partial charge is 0.480 e. The Balaban J connectivity index is 1.64. The summed E-state index contributed by atoms with van der Waals surface area (Å²) in [6, 6.07) is 17.5. The normalized spacial score (nSPS) is 22.9. The monoisotopic (exact) mass is 626 g/mol. The van der Waals surface area contributed by atoms with E-state index in [9.17, 15) is 23.9 Å². The molecule has 0 spiro atoms. The molecule has 5 atom stereocenters. The molecule has 2 aliphatic rings. The number of halogens is 3. The number of carboxylic acid groups (broad SMARTS) is 1. The fourth-order valence-electron chi connectivity index (χ4n) is 6.12. The molecule has 2 saturated heterocycles. The number of carbonyl (C=O) groups excluding carboxylic acids is 2. The predicted octanol–water partition coefficient (Wildman–Crippen LogP) is 6.63. The van der Waals surface area contributed by atoms with Gasteiger partial charge in [0.1, 0.15) is 30.1 Å². The maximum absolute atomic E-state index is 14.5. The Morgan fingerprint density at radius 2 is 1.58 bits per heavy atom. The molecular weight excluding hydrogens is 594 g/mol. The highest BCUT2D eigenvalue weighted by Crippen LogP contribution is 2.45. The lowest BCUT2D eigenvalue weighted by atomic mass is 9.88. The Hall–Kier alpha value is -3.46. The summed E-state index contributed by atoms with van der Waals surface area (Å²) in [6.45, 7) is 2.23. The summed E-state index contributed by atoms with van der Waals surface area (Å²) in [6.07, 6.45) is 0.292. The molecule has 3 aromatic carbocycles. The van der Waals surface area contributed by atoms with Crippen molar-refractivity contribution in [3.05, 3.63) is 105 Å². The molecule has 0 saturated carbocycles. The van der Waals surface area contributed by atoms with E-state index in [1.54, 1.807) is 41.3 Å². The smallest absolute Gasteiger partial charge is 0.326 e. The maximum atomic E-state index is 14.5. The van der Waals surface area contributed by atoms with E-state index >= 15 is 0 Å². The summed E-state index contributed by atoms with van der Waals surface area (Å²) >= 11 is 12.5. The van der Waals surface area contributed by atoms with E-state index in [0.717, 1.165) is 5.56 Å². The first-order valence-electron chi connectivity index (χ1n) is 14.4. The highest BCUT2D eigenvalue weighted by atomic mass is 35.5. The summed E-state index contributed by atoms with van der Waals surface area (Å²) in [5, 5.41) is 10.9. The Kier molecular flexibility index (Phi) is 9.69. The molecule has 5 rings (SSSR count). The number of likely N-dealkylation sites (tertiary alicyclic amines) is 1. The molecule has 0 radical (unpaired) electrons. The minimum Gasteiger partial charge on any atom is -0.480 e. The number of carbonyl (C=O) groups is 3. The van der Waals surface area contributed by atoms with Gasteiger partial charge >= 0.3 is 5.97 Å². The highest BCUT2D eigenvalue weighted by molar-refractivity contribution is 6.30. The Labute approximate surface area is 260 Å². The van der Waals surface area contributed by atoms with Crippen LogP contribution in [-0.2, 0) is 25.5 Å². The third-order valence-corrected chi connectivity index (χ3v) is 8.68. The second-order valence-electron chi connectivity index (χ2n) is 11.0. The fraction of sp³-hybridized carbons (Fsp3) is 0.364. The fourth-order valence-corrected chi connectivity index (χ4v) is 6.37. The van der Waals surface area contributed by atoms with Gasteiger partial charge in [0.25, 0.3) is 5.91 Å². The van der Waals surface area contributed by atoms with E-state index in [0.29, 0.717) is 53.4 Å². The third-order valence-electron chi connectivity index (χ3n) is 8.18. The van der Waals surface area contributed by atoms with Gasteiger partial charge in [0.05, 0.1) is 6.04 Å². The maximum Gasteiger partial charge on any atom is 0.326 e. The van der Waals surface area contributed by atoms with Crippen LogP contribution in [0.15, 0.2) is 72.8 Å². The zero-order valence-electron chi connectivity index (χ0n) is 23.7. The van der Waals surface area contributed by atoms with Gasteiger partial charge in [0.2, 0.25) is 5.91 Å². The Morgan fingerprint density at radius 3 is 2.16 bits per heavy atom. The van der Waals surface area contributed by atoms with Crippen molar-refractivity contribution in [3.8, 4) is 0 Å². The molecule has 0 aromatic heterocycles. The van der Waals surface area contributed by atoms with Gasteiger partial charge < -0.3 is 19.6 Å². The minimum atomic E-state index is -1.06. The highest BCUT2D eigenvalue weighted by Gasteiger charge is 2.50. The molecule has 2 amide bonds. The number of rotatable bonds is 9. The van der Waals surface area contributed by atoms with Crippen LogP contribution in [-0.4, -0.2) is 57.4 Å². The second kappa shape index (κ2) is 13.5. The first kappa shape index (κ1) is 31.0. The van der Waals surface area contributed by atoms with Crippen LogP contribution in [0.1, 0.15) is 61.4 Å². The average molecular weight is 628 g/mol. The van der Waals surface area contributed by atoms with E-state index in [1.807, 2.05) is 31.2 Å². The lowest BCUT2D eigenvalue weighted by molar-refractivity contribution is -0.183. The number of ether oxygens (including phenoxy) is 1. The third kappa shape index (κ3) is 6.71. The molecule has 3 aromatic rings. The molecule has 10 heteroatoms. The van der Waals surface area contributed by atoms with Crippen molar-refractivity contribution in [1.29, 1.82) is 0 Å². The number of hydrogen-bond acceptors (Lipinski definition) is 4. The number of nitrogens with zero attached hydrogens (tertiary/aromatic N) is 2. The zero-order chi connectivity index (χ0) is 30.7. The molecule has 1 unspecified atom stereocenters. The molecule has 1 N–H and O–H groups in total. The van der Waals surface area contributed by atoms with Gasteiger partial charge in [-0.05, 0) is 72.4 Å². The van der Waals surface area contributed by atoms with Gasteiger partial charge in [0.15, 0.2) is 0 Å². The van der Waals surface area contributed by atoms with Crippen LogP contribution in [0.25, 0.3) is 0 Å². The molecule has 0 bridgehead atoms. The molecular formula is C33H33Cl2FN2O5. The van der Waals surface area contributed by atoms with E-state index in [2.05, 4.69) is 0 Å². The summed E-state index contributed by atoms with van der Waals surface area (Å²) in [5.74, 6) is -2.24. The first-order chi connectivity index (χ1) is 20.7. The molecule has 0 aliphatic carbocycles. The van der Waals surface area contributed by atoms with Crippen LogP contribution >= 0.6 is 23.2 Å². The molecule has 226 valence electrons. The van der Waals surface area contributed by atoms with Crippen LogP contribution in [0.2, 0.25) is 10.0 Å². The van der Waals surface area contributed by atoms with Crippen molar-refractivity contribution in [2.45, 2.75) is 69.4 Å². The van der Waals surface area contributed by atoms with Crippen molar-refractivity contribution < 1.29 is 28.6 Å². The summed E-state index contributed by atoms with van der Waals surface area (Å²) in [7, 11) is 0. The standard InChI is InChI=1S/C33H33Cl2FN2O5/c1-2-4-26(31(39)37-18-3-5-27(37)33(41)42)38-29(21-8-12-23(34)13-9-21)30(22-10-14-24(35)15-11-22)43-28(32(38)40)19-20-6-16-25(36)17-7-20/h6-17,26-30H,2-5,18-19H2,1H3,(H,41,42)/t26?,27-,28+,29-,30+/m0/s1. The summed E-state index contributed by atoms with van der Waals surface area (Å²) < 4.78 is 20.3. The number of aliphatic carboxylic acids is 1. The van der Waals surface area contributed by atoms with Crippen molar-refractivity contribution in [2.75, 3.05) is 6.54 Å². The topological polar surface area (TPSA) is 87.2 Å². The number of morpholine rings is 1. The lowest BCUT2D eigenvalue weighted by Gasteiger charge is -2.48. The number of carboxylic acids is 1. The number of benzene rings is 3. The zero-order valence-corrected chi connectivity index (χ0v) is 25.2. The molecule has 2 fully saturated rings. The van der Waals surface area contributed by atoms with Crippen molar-refractivity contribution in [2.24, 2.45) is 0 Å². The SMILES string of the molecule is CCCC(C(=O)N1CCC[C@H]1C(=O)O)N1C(=O)[C@@H](Cc2ccc(F)cc2)O[C@H](c2ccc(Cl)cc2)[C@@H]1c1ccc(Cl)cc1. The number of hydrogen-bond donors (Lipinski definition) is 1. The van der Waals surface area contributed by atoms with E-state index in [1.165, 1.54) is 17.0 Å². The minimum absolute atomic E-state index is 0.154. The molecule has 7 nitrogen and oxygen atoms in total. The van der Waals surface area contributed by atoms with Crippen LogP contribution < -0.4 is 0 Å². The van der Waals surface area contributed by atoms with Gasteiger partial charge in [-0.3, -0.25) is 9.59 Å². The van der Waals surface area contributed by atoms with Crippen LogP contribution in [0, 0.1) is 5.82 Å². The van der Waals surface area contributed by atoms with E-state index in [4.69, 9.17) is 27.9 Å². The van der Waals surface area contributed by atoms with E-state index in [-0.39, 0.29) is 6.42 Å².